The minimum Gasteiger partial charge on any atom is -0.489 e. The summed E-state index contributed by atoms with van der Waals surface area (Å²) in [5.41, 5.74) is 2.32. The summed E-state index contributed by atoms with van der Waals surface area (Å²) >= 11 is 5.98. The van der Waals surface area contributed by atoms with Crippen molar-refractivity contribution in [3.63, 3.8) is 0 Å². The van der Waals surface area contributed by atoms with Crippen LogP contribution in [0.1, 0.15) is 21.5 Å². The van der Waals surface area contributed by atoms with Crippen LogP contribution in [-0.2, 0) is 6.61 Å². The molecule has 0 amide bonds. The molecule has 3 nitrogen and oxygen atoms in total. The third-order valence-electron chi connectivity index (χ3n) is 4.19. The Morgan fingerprint density at radius 3 is 2.63 bits per heavy atom. The average molecular weight is 381 g/mol. The Labute approximate surface area is 159 Å². The summed E-state index contributed by atoms with van der Waals surface area (Å²) in [6, 6.07) is 18.1. The predicted molar refractivity (Wildman–Crippen MR) is 102 cm³/mol. The molecule has 4 aromatic rings. The van der Waals surface area contributed by atoms with Crippen LogP contribution in [0.15, 0.2) is 77.4 Å². The van der Waals surface area contributed by atoms with E-state index >= 15 is 0 Å². The van der Waals surface area contributed by atoms with Crippen molar-refractivity contribution in [2.45, 2.75) is 6.61 Å². The van der Waals surface area contributed by atoms with Crippen molar-refractivity contribution >= 4 is 28.4 Å². The summed E-state index contributed by atoms with van der Waals surface area (Å²) in [6.07, 6.45) is 1.41. The molecular formula is C22H14ClFO3. The molecule has 0 aliphatic heterocycles. The fourth-order valence-corrected chi connectivity index (χ4v) is 3.04. The van der Waals surface area contributed by atoms with Crippen LogP contribution in [0.3, 0.4) is 0 Å². The van der Waals surface area contributed by atoms with Gasteiger partial charge >= 0.3 is 0 Å². The van der Waals surface area contributed by atoms with Crippen LogP contribution in [0, 0.1) is 5.82 Å². The zero-order valence-corrected chi connectivity index (χ0v) is 14.9. The lowest BCUT2D eigenvalue weighted by Crippen LogP contribution is -2.00. The van der Waals surface area contributed by atoms with Gasteiger partial charge in [0.25, 0.3) is 0 Å². The van der Waals surface area contributed by atoms with E-state index in [2.05, 4.69) is 0 Å². The smallest absolute Gasteiger partial charge is 0.196 e. The highest BCUT2D eigenvalue weighted by Gasteiger charge is 2.16. The minimum absolute atomic E-state index is 0.235. The maximum atomic E-state index is 13.1. The molecule has 3 aromatic carbocycles. The second kappa shape index (κ2) is 7.25. The lowest BCUT2D eigenvalue weighted by molar-refractivity contribution is 0.103. The molecule has 4 rings (SSSR count). The standard InChI is InChI=1S/C22H14ClFO3/c23-16-3-1-2-14(10-16)12-26-18-8-9-21-19(11-18)20(13-27-21)22(25)15-4-6-17(24)7-5-15/h1-11,13H,12H2. The highest BCUT2D eigenvalue weighted by molar-refractivity contribution is 6.30. The average Bonchev–Trinajstić information content (AvgIpc) is 3.10. The topological polar surface area (TPSA) is 39.4 Å². The molecule has 0 aliphatic carbocycles. The fourth-order valence-electron chi connectivity index (χ4n) is 2.82. The number of ether oxygens (including phenoxy) is 1. The van der Waals surface area contributed by atoms with E-state index in [4.69, 9.17) is 20.8 Å². The summed E-state index contributed by atoms with van der Waals surface area (Å²) < 4.78 is 24.4. The number of hydrogen-bond donors (Lipinski definition) is 0. The number of carbonyl (C=O) groups excluding carboxylic acids is 1. The highest BCUT2D eigenvalue weighted by atomic mass is 35.5. The Bertz CT molecular complexity index is 1120. The van der Waals surface area contributed by atoms with Crippen LogP contribution in [-0.4, -0.2) is 5.78 Å². The number of carbonyl (C=O) groups is 1. The molecule has 1 aromatic heterocycles. The van der Waals surface area contributed by atoms with E-state index in [1.165, 1.54) is 30.5 Å². The first-order chi connectivity index (χ1) is 13.1. The van der Waals surface area contributed by atoms with E-state index in [0.717, 1.165) is 5.56 Å². The zero-order chi connectivity index (χ0) is 18.8. The van der Waals surface area contributed by atoms with Crippen LogP contribution >= 0.6 is 11.6 Å². The molecule has 0 N–H and O–H groups in total. The van der Waals surface area contributed by atoms with Crippen LogP contribution < -0.4 is 4.74 Å². The van der Waals surface area contributed by atoms with E-state index in [0.29, 0.717) is 39.5 Å². The zero-order valence-electron chi connectivity index (χ0n) is 14.1. The molecule has 0 fully saturated rings. The monoisotopic (exact) mass is 380 g/mol. The Balaban J connectivity index is 1.61. The van der Waals surface area contributed by atoms with Gasteiger partial charge in [0.05, 0.1) is 5.56 Å². The first kappa shape index (κ1) is 17.3. The molecule has 0 saturated carbocycles. The maximum absolute atomic E-state index is 13.1. The van der Waals surface area contributed by atoms with E-state index in [1.54, 1.807) is 24.3 Å². The molecule has 27 heavy (non-hydrogen) atoms. The van der Waals surface area contributed by atoms with Crippen molar-refractivity contribution in [3.05, 3.63) is 101 Å². The van der Waals surface area contributed by atoms with Crippen molar-refractivity contribution in [1.29, 1.82) is 0 Å². The number of fused-ring (bicyclic) bond motifs is 1. The predicted octanol–water partition coefficient (Wildman–Crippen LogP) is 6.04. The second-order valence-corrected chi connectivity index (χ2v) is 6.50. The molecule has 0 radical (unpaired) electrons. The molecule has 5 heteroatoms. The third kappa shape index (κ3) is 3.71. The van der Waals surface area contributed by atoms with Crippen LogP contribution in [0.25, 0.3) is 11.0 Å². The first-order valence-corrected chi connectivity index (χ1v) is 8.67. The molecule has 1 heterocycles. The molecule has 134 valence electrons. The molecule has 0 aliphatic rings. The van der Waals surface area contributed by atoms with Gasteiger partial charge in [0.2, 0.25) is 0 Å². The number of hydrogen-bond acceptors (Lipinski definition) is 3. The molecule has 0 bridgehead atoms. The number of furan rings is 1. The summed E-state index contributed by atoms with van der Waals surface area (Å²) in [6.45, 7) is 0.352. The van der Waals surface area contributed by atoms with Crippen LogP contribution in [0.2, 0.25) is 5.02 Å². The van der Waals surface area contributed by atoms with E-state index in [-0.39, 0.29) is 11.6 Å². The molecule has 0 unspecified atom stereocenters. The number of halogens is 2. The molecule has 0 saturated heterocycles. The van der Waals surface area contributed by atoms with Gasteiger partial charge in [-0.05, 0) is 60.2 Å². The number of benzene rings is 3. The molecule has 0 spiro atoms. The minimum atomic E-state index is -0.389. The summed E-state index contributed by atoms with van der Waals surface area (Å²) in [5.74, 6) is -0.0157. The Morgan fingerprint density at radius 1 is 1.04 bits per heavy atom. The van der Waals surface area contributed by atoms with Crippen molar-refractivity contribution in [2.75, 3.05) is 0 Å². The van der Waals surface area contributed by atoms with Gasteiger partial charge in [-0.3, -0.25) is 4.79 Å². The van der Waals surface area contributed by atoms with Crippen LogP contribution in [0.4, 0.5) is 4.39 Å². The van der Waals surface area contributed by atoms with Gasteiger partial charge in [-0.2, -0.15) is 0 Å². The van der Waals surface area contributed by atoms with Crippen LogP contribution in [0.5, 0.6) is 5.75 Å². The molecule has 0 atom stereocenters. The quantitative estimate of drug-likeness (QED) is 0.396. The van der Waals surface area contributed by atoms with E-state index < -0.39 is 0 Å². The van der Waals surface area contributed by atoms with Crippen molar-refractivity contribution in [1.82, 2.24) is 0 Å². The van der Waals surface area contributed by atoms with Gasteiger partial charge in [-0.1, -0.05) is 23.7 Å². The normalized spacial score (nSPS) is 10.9. The van der Waals surface area contributed by atoms with Gasteiger partial charge in [0.15, 0.2) is 5.78 Å². The summed E-state index contributed by atoms with van der Waals surface area (Å²) in [4.78, 5) is 12.7. The fraction of sp³-hybridized carbons (Fsp3) is 0.0455. The Hall–Kier alpha value is -3.11. The maximum Gasteiger partial charge on any atom is 0.196 e. The first-order valence-electron chi connectivity index (χ1n) is 8.29. The van der Waals surface area contributed by atoms with Gasteiger partial charge < -0.3 is 9.15 Å². The summed E-state index contributed by atoms with van der Waals surface area (Å²) in [7, 11) is 0. The van der Waals surface area contributed by atoms with E-state index in [9.17, 15) is 9.18 Å². The van der Waals surface area contributed by atoms with Gasteiger partial charge in [0, 0.05) is 16.0 Å². The largest absolute Gasteiger partial charge is 0.489 e. The lowest BCUT2D eigenvalue weighted by atomic mass is 10.0. The Morgan fingerprint density at radius 2 is 1.85 bits per heavy atom. The summed E-state index contributed by atoms with van der Waals surface area (Å²) in [5, 5.41) is 1.29. The molecular weight excluding hydrogens is 367 g/mol. The van der Waals surface area contributed by atoms with Crippen molar-refractivity contribution in [3.8, 4) is 5.75 Å². The van der Waals surface area contributed by atoms with E-state index in [1.807, 2.05) is 18.2 Å². The van der Waals surface area contributed by atoms with Gasteiger partial charge in [-0.15, -0.1) is 0 Å². The van der Waals surface area contributed by atoms with Gasteiger partial charge in [-0.25, -0.2) is 4.39 Å². The van der Waals surface area contributed by atoms with Crippen molar-refractivity contribution < 1.29 is 18.3 Å². The van der Waals surface area contributed by atoms with Crippen molar-refractivity contribution in [2.24, 2.45) is 0 Å². The second-order valence-electron chi connectivity index (χ2n) is 6.06. The van der Waals surface area contributed by atoms with Gasteiger partial charge in [0.1, 0.15) is 30.0 Å². The lowest BCUT2D eigenvalue weighted by Gasteiger charge is -2.07. The Kier molecular flexibility index (Phi) is 4.65. The third-order valence-corrected chi connectivity index (χ3v) is 4.43. The highest BCUT2D eigenvalue weighted by Crippen LogP contribution is 2.28. The number of ketones is 1. The number of rotatable bonds is 5. The SMILES string of the molecule is O=C(c1ccc(F)cc1)c1coc2ccc(OCc3cccc(Cl)c3)cc12.